The predicted molar refractivity (Wildman–Crippen MR) is 81.2 cm³/mol. The Kier molecular flexibility index (Phi) is 4.83. The normalized spacial score (nSPS) is 11.4. The maximum Gasteiger partial charge on any atom is 0.219 e. The van der Waals surface area contributed by atoms with Gasteiger partial charge in [0.25, 0.3) is 0 Å². The Hall–Kier alpha value is -1.51. The molecule has 0 radical (unpaired) electrons. The molecule has 2 aromatic rings. The first-order valence-electron chi connectivity index (χ1n) is 5.54. The van der Waals surface area contributed by atoms with E-state index in [0.29, 0.717) is 11.5 Å². The molecule has 0 aliphatic carbocycles. The van der Waals surface area contributed by atoms with E-state index in [9.17, 15) is 4.39 Å². The van der Waals surface area contributed by atoms with E-state index in [0.717, 1.165) is 9.13 Å². The van der Waals surface area contributed by atoms with Crippen molar-refractivity contribution in [3.8, 4) is 0 Å². The SMILES string of the molecule is N[N-]N=C([NH2+]c1ccccc1F)c1ccccc1I. The summed E-state index contributed by atoms with van der Waals surface area (Å²) in [6.07, 6.45) is 0. The molecule has 0 unspecified atom stereocenters. The second kappa shape index (κ2) is 6.60. The molecule has 0 aromatic heterocycles. The lowest BCUT2D eigenvalue weighted by Gasteiger charge is -2.12. The molecule has 4 nitrogen and oxygen atoms in total. The number of halogens is 2. The van der Waals surface area contributed by atoms with Crippen molar-refractivity contribution in [3.63, 3.8) is 0 Å². The highest BCUT2D eigenvalue weighted by atomic mass is 127. The molecule has 0 aliphatic rings. The Labute approximate surface area is 124 Å². The highest BCUT2D eigenvalue weighted by Crippen LogP contribution is 2.12. The molecule has 2 rings (SSSR count). The summed E-state index contributed by atoms with van der Waals surface area (Å²) < 4.78 is 14.7. The number of hydrogen-bond donors (Lipinski definition) is 2. The zero-order valence-electron chi connectivity index (χ0n) is 9.92. The van der Waals surface area contributed by atoms with Crippen LogP contribution in [-0.2, 0) is 0 Å². The first-order valence-corrected chi connectivity index (χ1v) is 6.62. The number of rotatable bonds is 3. The summed E-state index contributed by atoms with van der Waals surface area (Å²) >= 11 is 2.19. The van der Waals surface area contributed by atoms with E-state index < -0.39 is 0 Å². The van der Waals surface area contributed by atoms with Gasteiger partial charge in [0.05, 0.1) is 5.56 Å². The minimum Gasteiger partial charge on any atom is -0.538 e. The fraction of sp³-hybridized carbons (Fsp3) is 0. The first-order chi connectivity index (χ1) is 9.22. The Morgan fingerprint density at radius 1 is 1.16 bits per heavy atom. The molecule has 0 saturated heterocycles. The molecule has 6 heteroatoms. The quantitative estimate of drug-likeness (QED) is 0.214. The predicted octanol–water partition coefficient (Wildman–Crippen LogP) is 2.23. The molecule has 19 heavy (non-hydrogen) atoms. The molecule has 0 fully saturated rings. The molecule has 2 aromatic carbocycles. The van der Waals surface area contributed by atoms with E-state index in [-0.39, 0.29) is 5.82 Å². The Bertz CT molecular complexity index is 601. The fourth-order valence-electron chi connectivity index (χ4n) is 1.63. The molecule has 0 spiro atoms. The molecule has 98 valence electrons. The van der Waals surface area contributed by atoms with Gasteiger partial charge in [0, 0.05) is 9.64 Å². The van der Waals surface area contributed by atoms with Crippen LogP contribution in [0.2, 0.25) is 0 Å². The van der Waals surface area contributed by atoms with Crippen LogP contribution in [0.4, 0.5) is 10.1 Å². The molecule has 0 atom stereocenters. The molecule has 0 amide bonds. The van der Waals surface area contributed by atoms with Gasteiger partial charge in [0.1, 0.15) is 0 Å². The van der Waals surface area contributed by atoms with Gasteiger partial charge in [-0.05, 0) is 40.8 Å². The largest absolute Gasteiger partial charge is 0.538 e. The molecular formula is C13H12FIN4. The van der Waals surface area contributed by atoms with E-state index in [1.807, 2.05) is 24.3 Å². The van der Waals surface area contributed by atoms with Gasteiger partial charge >= 0.3 is 0 Å². The van der Waals surface area contributed by atoms with Gasteiger partial charge in [-0.15, -0.1) is 0 Å². The van der Waals surface area contributed by atoms with Crippen LogP contribution < -0.4 is 11.2 Å². The van der Waals surface area contributed by atoms with Crippen molar-refractivity contribution in [2.45, 2.75) is 0 Å². The topological polar surface area (TPSA) is 69.1 Å². The van der Waals surface area contributed by atoms with Crippen LogP contribution in [0.3, 0.4) is 0 Å². The van der Waals surface area contributed by atoms with Gasteiger partial charge in [-0.2, -0.15) is 0 Å². The zero-order chi connectivity index (χ0) is 13.7. The number of amidine groups is 1. The van der Waals surface area contributed by atoms with E-state index in [4.69, 9.17) is 5.84 Å². The minimum absolute atomic E-state index is 0.307. The summed E-state index contributed by atoms with van der Waals surface area (Å²) in [4.78, 5) is 0. The monoisotopic (exact) mass is 370 g/mol. The molecule has 0 bridgehead atoms. The Balaban J connectivity index is 2.36. The van der Waals surface area contributed by atoms with Gasteiger partial charge in [0.15, 0.2) is 11.5 Å². The van der Waals surface area contributed by atoms with Crippen molar-refractivity contribution >= 4 is 34.1 Å². The zero-order valence-corrected chi connectivity index (χ0v) is 12.1. The highest BCUT2D eigenvalue weighted by molar-refractivity contribution is 14.1. The molecule has 0 saturated carbocycles. The van der Waals surface area contributed by atoms with Crippen LogP contribution >= 0.6 is 22.6 Å². The summed E-state index contributed by atoms with van der Waals surface area (Å²) in [5.74, 6) is 5.35. The second-order valence-electron chi connectivity index (χ2n) is 3.75. The Morgan fingerprint density at radius 2 is 1.84 bits per heavy atom. The highest BCUT2D eigenvalue weighted by Gasteiger charge is 2.13. The van der Waals surface area contributed by atoms with Crippen molar-refractivity contribution < 1.29 is 9.71 Å². The van der Waals surface area contributed by atoms with Crippen LogP contribution in [0.25, 0.3) is 5.53 Å². The number of nitrogens with two attached hydrogens (primary N) is 2. The van der Waals surface area contributed by atoms with Crippen LogP contribution in [0, 0.1) is 9.39 Å². The standard InChI is InChI=1S/C13H11FIN4/c14-10-6-2-4-8-12(10)17-13(18-19-16)9-5-1-3-7-11(9)15/h1-8H,16H2,(H,17,18)/q-1/p+1. The summed E-state index contributed by atoms with van der Waals surface area (Å²) in [6.45, 7) is 0. The average Bonchev–Trinajstić information content (AvgIpc) is 2.41. The van der Waals surface area contributed by atoms with Crippen LogP contribution in [-0.4, -0.2) is 5.84 Å². The lowest BCUT2D eigenvalue weighted by atomic mass is 10.2. The van der Waals surface area contributed by atoms with Gasteiger partial charge in [-0.3, -0.25) is 5.32 Å². The van der Waals surface area contributed by atoms with E-state index in [1.165, 1.54) is 6.07 Å². The minimum atomic E-state index is -0.307. The number of quaternary nitrogens is 1. The summed E-state index contributed by atoms with van der Waals surface area (Å²) in [5, 5.41) is 5.51. The van der Waals surface area contributed by atoms with Crippen LogP contribution in [0.1, 0.15) is 5.56 Å². The molecule has 4 N–H and O–H groups in total. The van der Waals surface area contributed by atoms with Gasteiger partial charge < -0.3 is 16.5 Å². The van der Waals surface area contributed by atoms with Gasteiger partial charge in [-0.25, -0.2) is 4.39 Å². The molecule has 0 aliphatic heterocycles. The third-order valence-corrected chi connectivity index (χ3v) is 3.45. The number of benzene rings is 2. The van der Waals surface area contributed by atoms with Crippen molar-refractivity contribution in [2.75, 3.05) is 0 Å². The third kappa shape index (κ3) is 3.49. The molecule has 0 heterocycles. The summed E-state index contributed by atoms with van der Waals surface area (Å²) in [7, 11) is 0. The van der Waals surface area contributed by atoms with Crippen molar-refractivity contribution in [3.05, 3.63) is 69.0 Å². The van der Waals surface area contributed by atoms with Crippen molar-refractivity contribution in [1.29, 1.82) is 0 Å². The summed E-state index contributed by atoms with van der Waals surface area (Å²) in [5.41, 5.74) is 4.62. The number of hydrogen-bond acceptors (Lipinski definition) is 2. The second-order valence-corrected chi connectivity index (χ2v) is 4.91. The number of nitrogens with zero attached hydrogens (tertiary/aromatic N) is 2. The first kappa shape index (κ1) is 13.9. The fourth-order valence-corrected chi connectivity index (χ4v) is 2.29. The lowest BCUT2D eigenvalue weighted by Crippen LogP contribution is -2.83. The lowest BCUT2D eigenvalue weighted by molar-refractivity contribution is -0.445. The van der Waals surface area contributed by atoms with Crippen LogP contribution in [0.5, 0.6) is 0 Å². The maximum absolute atomic E-state index is 13.7. The van der Waals surface area contributed by atoms with E-state index >= 15 is 0 Å². The molecular weight excluding hydrogens is 358 g/mol. The Morgan fingerprint density at radius 3 is 2.53 bits per heavy atom. The van der Waals surface area contributed by atoms with Crippen molar-refractivity contribution in [2.24, 2.45) is 10.9 Å². The van der Waals surface area contributed by atoms with Gasteiger partial charge in [-0.1, -0.05) is 24.3 Å². The average molecular weight is 370 g/mol. The van der Waals surface area contributed by atoms with Crippen LogP contribution in [0.15, 0.2) is 53.6 Å². The van der Waals surface area contributed by atoms with Gasteiger partial charge in [0.2, 0.25) is 5.84 Å². The summed E-state index contributed by atoms with van der Waals surface area (Å²) in [6, 6.07) is 14.1. The maximum atomic E-state index is 13.7. The third-order valence-electron chi connectivity index (χ3n) is 2.51. The number of para-hydroxylation sites is 1. The van der Waals surface area contributed by atoms with E-state index in [2.05, 4.69) is 33.2 Å². The van der Waals surface area contributed by atoms with E-state index in [1.54, 1.807) is 23.5 Å². The smallest absolute Gasteiger partial charge is 0.219 e. The van der Waals surface area contributed by atoms with Crippen molar-refractivity contribution in [1.82, 2.24) is 0 Å².